The van der Waals surface area contributed by atoms with Crippen LogP contribution < -0.4 is 4.74 Å². The minimum Gasteiger partial charge on any atom is -0.505 e. The summed E-state index contributed by atoms with van der Waals surface area (Å²) in [6.07, 6.45) is 8.73. The second kappa shape index (κ2) is 6.44. The van der Waals surface area contributed by atoms with E-state index >= 15 is 0 Å². The normalized spacial score (nSPS) is 20.4. The summed E-state index contributed by atoms with van der Waals surface area (Å²) < 4.78 is 10.8. The molecule has 1 aliphatic carbocycles. The molecular weight excluding hydrogens is 262 g/mol. The molecule has 0 unspecified atom stereocenters. The molecule has 0 saturated heterocycles. The van der Waals surface area contributed by atoms with Crippen molar-refractivity contribution in [1.82, 2.24) is 4.98 Å². The summed E-state index contributed by atoms with van der Waals surface area (Å²) in [4.78, 5) is 4.29. The monoisotopic (exact) mass is 281 g/mol. The second-order valence-electron chi connectivity index (χ2n) is 5.30. The van der Waals surface area contributed by atoms with Gasteiger partial charge in [0.05, 0.1) is 19.6 Å². The predicted octanol–water partition coefficient (Wildman–Crippen LogP) is 3.92. The SMILES string of the molecule is COC=C[C@H]1C[C@@H]1c1cncc(OCc2ccccc2)c1. The molecule has 1 aromatic carbocycles. The number of allylic oxidation sites excluding steroid dienone is 1. The first-order valence-electron chi connectivity index (χ1n) is 7.18. The van der Waals surface area contributed by atoms with Crippen molar-refractivity contribution in [3.63, 3.8) is 0 Å². The zero-order valence-corrected chi connectivity index (χ0v) is 12.1. The Balaban J connectivity index is 1.60. The molecule has 0 bridgehead atoms. The lowest BCUT2D eigenvalue weighted by atomic mass is 10.1. The zero-order valence-electron chi connectivity index (χ0n) is 12.1. The predicted molar refractivity (Wildman–Crippen MR) is 82.0 cm³/mol. The molecule has 1 heterocycles. The molecule has 3 nitrogen and oxygen atoms in total. The number of hydrogen-bond donors (Lipinski definition) is 0. The number of aromatic nitrogens is 1. The van der Waals surface area contributed by atoms with Gasteiger partial charge in [0.2, 0.25) is 0 Å². The lowest BCUT2D eigenvalue weighted by Crippen LogP contribution is -1.96. The third-order valence-electron chi connectivity index (χ3n) is 3.71. The number of nitrogens with zero attached hydrogens (tertiary/aromatic N) is 1. The van der Waals surface area contributed by atoms with Gasteiger partial charge in [-0.25, -0.2) is 0 Å². The molecule has 3 rings (SSSR count). The van der Waals surface area contributed by atoms with Crippen LogP contribution in [0.3, 0.4) is 0 Å². The molecule has 0 spiro atoms. The Morgan fingerprint density at radius 2 is 2.10 bits per heavy atom. The molecule has 1 aromatic heterocycles. The van der Waals surface area contributed by atoms with Gasteiger partial charge in [-0.1, -0.05) is 30.3 Å². The maximum Gasteiger partial charge on any atom is 0.138 e. The number of hydrogen-bond acceptors (Lipinski definition) is 3. The van der Waals surface area contributed by atoms with Crippen LogP contribution in [0.5, 0.6) is 5.75 Å². The van der Waals surface area contributed by atoms with Gasteiger partial charge in [-0.2, -0.15) is 0 Å². The van der Waals surface area contributed by atoms with E-state index < -0.39 is 0 Å². The fourth-order valence-electron chi connectivity index (χ4n) is 2.45. The van der Waals surface area contributed by atoms with Crippen molar-refractivity contribution in [2.24, 2.45) is 5.92 Å². The highest BCUT2D eigenvalue weighted by atomic mass is 16.5. The van der Waals surface area contributed by atoms with E-state index in [1.54, 1.807) is 19.6 Å². The molecule has 3 heteroatoms. The summed E-state index contributed by atoms with van der Waals surface area (Å²) in [6, 6.07) is 12.3. The van der Waals surface area contributed by atoms with E-state index in [1.807, 2.05) is 24.4 Å². The van der Waals surface area contributed by atoms with Gasteiger partial charge in [-0.05, 0) is 41.5 Å². The molecule has 108 valence electrons. The molecule has 2 atom stereocenters. The molecule has 0 radical (unpaired) electrons. The van der Waals surface area contributed by atoms with Crippen molar-refractivity contribution in [1.29, 1.82) is 0 Å². The average molecular weight is 281 g/mol. The quantitative estimate of drug-likeness (QED) is 0.752. The maximum absolute atomic E-state index is 5.82. The zero-order chi connectivity index (χ0) is 14.5. The molecule has 0 aliphatic heterocycles. The van der Waals surface area contributed by atoms with Gasteiger partial charge in [-0.15, -0.1) is 0 Å². The van der Waals surface area contributed by atoms with E-state index in [1.165, 1.54) is 5.56 Å². The van der Waals surface area contributed by atoms with E-state index in [0.29, 0.717) is 18.4 Å². The minimum absolute atomic E-state index is 0.546. The lowest BCUT2D eigenvalue weighted by molar-refractivity contribution is 0.304. The number of ether oxygens (including phenoxy) is 2. The molecule has 1 fully saturated rings. The van der Waals surface area contributed by atoms with Gasteiger partial charge in [0.25, 0.3) is 0 Å². The Hall–Kier alpha value is -2.29. The molecular formula is C18H19NO2. The summed E-state index contributed by atoms with van der Waals surface area (Å²) >= 11 is 0. The summed E-state index contributed by atoms with van der Waals surface area (Å²) in [6.45, 7) is 0.573. The fourth-order valence-corrected chi connectivity index (χ4v) is 2.45. The van der Waals surface area contributed by atoms with Crippen molar-refractivity contribution >= 4 is 0 Å². The maximum atomic E-state index is 5.82. The second-order valence-corrected chi connectivity index (χ2v) is 5.30. The first-order valence-corrected chi connectivity index (χ1v) is 7.18. The Bertz CT molecular complexity index is 610. The van der Waals surface area contributed by atoms with E-state index in [-0.39, 0.29) is 0 Å². The van der Waals surface area contributed by atoms with Crippen LogP contribution in [0.1, 0.15) is 23.5 Å². The first-order chi connectivity index (χ1) is 10.4. The van der Waals surface area contributed by atoms with Gasteiger partial charge < -0.3 is 9.47 Å². The van der Waals surface area contributed by atoms with Crippen molar-refractivity contribution in [3.05, 3.63) is 72.3 Å². The molecule has 1 aliphatic rings. The van der Waals surface area contributed by atoms with E-state index in [0.717, 1.165) is 17.7 Å². The van der Waals surface area contributed by atoms with Crippen molar-refractivity contribution in [3.8, 4) is 5.75 Å². The van der Waals surface area contributed by atoms with E-state index in [4.69, 9.17) is 9.47 Å². The highest BCUT2D eigenvalue weighted by Gasteiger charge is 2.36. The topological polar surface area (TPSA) is 31.4 Å². The Kier molecular flexibility index (Phi) is 4.20. The van der Waals surface area contributed by atoms with Crippen LogP contribution in [0, 0.1) is 5.92 Å². The Morgan fingerprint density at radius 3 is 2.90 bits per heavy atom. The molecule has 0 N–H and O–H groups in total. The minimum atomic E-state index is 0.546. The van der Waals surface area contributed by atoms with Crippen molar-refractivity contribution in [2.45, 2.75) is 18.9 Å². The van der Waals surface area contributed by atoms with Crippen LogP contribution in [0.4, 0.5) is 0 Å². The molecule has 21 heavy (non-hydrogen) atoms. The number of methoxy groups -OCH3 is 1. The van der Waals surface area contributed by atoms with Crippen LogP contribution >= 0.6 is 0 Å². The van der Waals surface area contributed by atoms with Crippen LogP contribution in [0.15, 0.2) is 61.1 Å². The molecule has 2 aromatic rings. The van der Waals surface area contributed by atoms with Crippen LogP contribution in [0.2, 0.25) is 0 Å². The van der Waals surface area contributed by atoms with E-state index in [2.05, 4.69) is 29.3 Å². The third-order valence-corrected chi connectivity index (χ3v) is 3.71. The first kappa shape index (κ1) is 13.7. The van der Waals surface area contributed by atoms with Crippen LogP contribution in [-0.2, 0) is 11.3 Å². The summed E-state index contributed by atoms with van der Waals surface area (Å²) in [5.41, 5.74) is 2.40. The van der Waals surface area contributed by atoms with Gasteiger partial charge in [0.15, 0.2) is 0 Å². The largest absolute Gasteiger partial charge is 0.505 e. The standard InChI is InChI=1S/C18H19NO2/c1-20-8-7-15-10-18(15)16-9-17(12-19-11-16)21-13-14-5-3-2-4-6-14/h2-9,11-12,15,18H,10,13H2,1H3/t15-,18-/m0/s1. The molecule has 1 saturated carbocycles. The summed E-state index contributed by atoms with van der Waals surface area (Å²) in [7, 11) is 1.67. The Labute approximate surface area is 125 Å². The van der Waals surface area contributed by atoms with Gasteiger partial charge >= 0.3 is 0 Å². The summed E-state index contributed by atoms with van der Waals surface area (Å²) in [5.74, 6) is 1.94. The van der Waals surface area contributed by atoms with Gasteiger partial charge in [-0.3, -0.25) is 4.98 Å². The average Bonchev–Trinajstić information content (AvgIpc) is 3.32. The van der Waals surface area contributed by atoms with Crippen LogP contribution in [-0.4, -0.2) is 12.1 Å². The number of pyridine rings is 1. The van der Waals surface area contributed by atoms with Crippen molar-refractivity contribution < 1.29 is 9.47 Å². The number of benzene rings is 1. The lowest BCUT2D eigenvalue weighted by Gasteiger charge is -2.07. The van der Waals surface area contributed by atoms with Crippen molar-refractivity contribution in [2.75, 3.05) is 7.11 Å². The molecule has 0 amide bonds. The van der Waals surface area contributed by atoms with E-state index in [9.17, 15) is 0 Å². The smallest absolute Gasteiger partial charge is 0.138 e. The van der Waals surface area contributed by atoms with Gasteiger partial charge in [0, 0.05) is 6.20 Å². The highest BCUT2D eigenvalue weighted by molar-refractivity contribution is 5.32. The highest BCUT2D eigenvalue weighted by Crippen LogP contribution is 2.48. The van der Waals surface area contributed by atoms with Gasteiger partial charge in [0.1, 0.15) is 12.4 Å². The fraction of sp³-hybridized carbons (Fsp3) is 0.278. The van der Waals surface area contributed by atoms with Crippen LogP contribution in [0.25, 0.3) is 0 Å². The third kappa shape index (κ3) is 3.63. The summed E-state index contributed by atoms with van der Waals surface area (Å²) in [5, 5.41) is 0. The Morgan fingerprint density at radius 1 is 1.24 bits per heavy atom. The number of rotatable bonds is 6.